The molecule has 3 rings (SSSR count). The van der Waals surface area contributed by atoms with E-state index >= 15 is 0 Å². The van der Waals surface area contributed by atoms with Crippen LogP contribution in [0.1, 0.15) is 10.6 Å². The van der Waals surface area contributed by atoms with Crippen LogP contribution in [-0.2, 0) is 20.9 Å². The van der Waals surface area contributed by atoms with Gasteiger partial charge in [0.25, 0.3) is 0 Å². The summed E-state index contributed by atoms with van der Waals surface area (Å²) in [5.74, 6) is -1.03. The van der Waals surface area contributed by atoms with Crippen LogP contribution in [0.3, 0.4) is 0 Å². The molecule has 1 saturated heterocycles. The maximum atomic E-state index is 11.7. The standard InChI is InChI=1S/C16H18N4O4S/c21-15(17-10-12-2-1-7-24-12)16(22)19-18-11-13-3-4-14(25-13)20-5-8-23-9-6-20/h1-4,7,11H,5-6,8-10H2,(H,17,21)(H,19,22)/b18-11+. The minimum atomic E-state index is -0.826. The fraction of sp³-hybridized carbons (Fsp3) is 0.312. The molecule has 0 saturated carbocycles. The Hall–Kier alpha value is -2.65. The SMILES string of the molecule is O=C(NCc1ccco1)C(=O)N/N=C/c1ccc(N2CCOCC2)s1. The van der Waals surface area contributed by atoms with Crippen molar-refractivity contribution in [1.82, 2.24) is 10.7 Å². The van der Waals surface area contributed by atoms with Crippen molar-refractivity contribution in [3.63, 3.8) is 0 Å². The van der Waals surface area contributed by atoms with Gasteiger partial charge in [-0.1, -0.05) is 0 Å². The molecule has 2 N–H and O–H groups in total. The molecule has 25 heavy (non-hydrogen) atoms. The summed E-state index contributed by atoms with van der Waals surface area (Å²) in [6.45, 7) is 3.33. The molecule has 0 radical (unpaired) electrons. The van der Waals surface area contributed by atoms with Crippen molar-refractivity contribution in [2.45, 2.75) is 6.54 Å². The third-order valence-corrected chi connectivity index (χ3v) is 4.58. The van der Waals surface area contributed by atoms with Crippen LogP contribution in [0.15, 0.2) is 40.0 Å². The van der Waals surface area contributed by atoms with E-state index in [1.54, 1.807) is 23.5 Å². The van der Waals surface area contributed by atoms with E-state index in [0.29, 0.717) is 5.76 Å². The molecule has 0 bridgehead atoms. The van der Waals surface area contributed by atoms with Gasteiger partial charge >= 0.3 is 11.8 Å². The lowest BCUT2D eigenvalue weighted by atomic mass is 10.4. The molecule has 2 aromatic heterocycles. The van der Waals surface area contributed by atoms with Crippen LogP contribution in [-0.4, -0.2) is 44.3 Å². The molecule has 8 nitrogen and oxygen atoms in total. The summed E-state index contributed by atoms with van der Waals surface area (Å²) in [4.78, 5) is 26.4. The van der Waals surface area contributed by atoms with Crippen molar-refractivity contribution in [3.8, 4) is 0 Å². The summed E-state index contributed by atoms with van der Waals surface area (Å²) in [6.07, 6.45) is 3.02. The van der Waals surface area contributed by atoms with Gasteiger partial charge in [-0.15, -0.1) is 11.3 Å². The highest BCUT2D eigenvalue weighted by Crippen LogP contribution is 2.25. The van der Waals surface area contributed by atoms with Gasteiger partial charge in [0.15, 0.2) is 0 Å². The van der Waals surface area contributed by atoms with E-state index in [2.05, 4.69) is 20.7 Å². The molecule has 2 amide bonds. The molecule has 3 heterocycles. The largest absolute Gasteiger partial charge is 0.467 e. The number of furan rings is 1. The predicted octanol–water partition coefficient (Wildman–Crippen LogP) is 0.944. The predicted molar refractivity (Wildman–Crippen MR) is 93.6 cm³/mol. The molecule has 0 spiro atoms. The first-order valence-electron chi connectivity index (χ1n) is 7.78. The fourth-order valence-corrected chi connectivity index (χ4v) is 3.16. The molecule has 132 valence electrons. The van der Waals surface area contributed by atoms with Gasteiger partial charge in [0, 0.05) is 18.0 Å². The molecular weight excluding hydrogens is 344 g/mol. The van der Waals surface area contributed by atoms with E-state index in [1.807, 2.05) is 12.1 Å². The summed E-state index contributed by atoms with van der Waals surface area (Å²) in [5.41, 5.74) is 2.21. The average Bonchev–Trinajstić information content (AvgIpc) is 3.32. The molecule has 1 aliphatic heterocycles. The summed E-state index contributed by atoms with van der Waals surface area (Å²) in [7, 11) is 0. The van der Waals surface area contributed by atoms with E-state index in [0.717, 1.165) is 36.2 Å². The number of morpholine rings is 1. The minimum Gasteiger partial charge on any atom is -0.467 e. The number of nitrogens with zero attached hydrogens (tertiary/aromatic N) is 2. The summed E-state index contributed by atoms with van der Waals surface area (Å²) < 4.78 is 10.4. The van der Waals surface area contributed by atoms with Crippen molar-refractivity contribution in [2.24, 2.45) is 5.10 Å². The number of nitrogens with one attached hydrogen (secondary N) is 2. The quantitative estimate of drug-likeness (QED) is 0.469. The average molecular weight is 362 g/mol. The third-order valence-electron chi connectivity index (χ3n) is 3.50. The second-order valence-electron chi connectivity index (χ2n) is 5.24. The topological polar surface area (TPSA) is 96.2 Å². The van der Waals surface area contributed by atoms with Gasteiger partial charge in [0.1, 0.15) is 5.76 Å². The maximum absolute atomic E-state index is 11.7. The van der Waals surface area contributed by atoms with Crippen molar-refractivity contribution >= 4 is 34.4 Å². The zero-order valence-electron chi connectivity index (χ0n) is 13.4. The Labute approximate surface area is 148 Å². The summed E-state index contributed by atoms with van der Waals surface area (Å²) in [6, 6.07) is 7.34. The van der Waals surface area contributed by atoms with Crippen LogP contribution in [0.5, 0.6) is 0 Å². The molecular formula is C16H18N4O4S. The van der Waals surface area contributed by atoms with Crippen LogP contribution >= 0.6 is 11.3 Å². The van der Waals surface area contributed by atoms with Crippen molar-refractivity contribution in [1.29, 1.82) is 0 Å². The number of hydrogen-bond donors (Lipinski definition) is 2. The van der Waals surface area contributed by atoms with Crippen molar-refractivity contribution in [2.75, 3.05) is 31.2 Å². The maximum Gasteiger partial charge on any atom is 0.329 e. The van der Waals surface area contributed by atoms with Gasteiger partial charge in [-0.2, -0.15) is 5.10 Å². The first-order chi connectivity index (χ1) is 12.2. The van der Waals surface area contributed by atoms with Crippen molar-refractivity contribution in [3.05, 3.63) is 41.2 Å². The second-order valence-corrected chi connectivity index (χ2v) is 6.33. The first-order valence-corrected chi connectivity index (χ1v) is 8.60. The molecule has 9 heteroatoms. The molecule has 0 unspecified atom stereocenters. The van der Waals surface area contributed by atoms with E-state index < -0.39 is 11.8 Å². The lowest BCUT2D eigenvalue weighted by Gasteiger charge is -2.27. The summed E-state index contributed by atoms with van der Waals surface area (Å²) in [5, 5.41) is 7.40. The van der Waals surface area contributed by atoms with Gasteiger partial charge in [-0.25, -0.2) is 5.43 Å². The Kier molecular flexibility index (Phi) is 5.81. The second kappa shape index (κ2) is 8.45. The Morgan fingerprint density at radius 2 is 2.08 bits per heavy atom. The zero-order valence-corrected chi connectivity index (χ0v) is 14.3. The molecule has 2 aromatic rings. The molecule has 0 aliphatic carbocycles. The van der Waals surface area contributed by atoms with E-state index in [1.165, 1.54) is 12.5 Å². The van der Waals surface area contributed by atoms with Crippen molar-refractivity contribution < 1.29 is 18.7 Å². The number of carbonyl (C=O) groups is 2. The number of amides is 2. The highest BCUT2D eigenvalue weighted by Gasteiger charge is 2.14. The van der Waals surface area contributed by atoms with Crippen LogP contribution in [0.4, 0.5) is 5.00 Å². The molecule has 1 fully saturated rings. The van der Waals surface area contributed by atoms with Gasteiger partial charge in [0.2, 0.25) is 0 Å². The van der Waals surface area contributed by atoms with Gasteiger partial charge < -0.3 is 19.4 Å². The van der Waals surface area contributed by atoms with E-state index in [4.69, 9.17) is 9.15 Å². The number of carbonyl (C=O) groups excluding carboxylic acids is 2. The van der Waals surface area contributed by atoms with Gasteiger partial charge in [-0.3, -0.25) is 9.59 Å². The van der Waals surface area contributed by atoms with Gasteiger partial charge in [0.05, 0.1) is 37.2 Å². The summed E-state index contributed by atoms with van der Waals surface area (Å²) >= 11 is 1.56. The number of anilines is 1. The smallest absolute Gasteiger partial charge is 0.329 e. The lowest BCUT2D eigenvalue weighted by molar-refractivity contribution is -0.139. The number of rotatable bonds is 5. The van der Waals surface area contributed by atoms with E-state index in [-0.39, 0.29) is 6.54 Å². The van der Waals surface area contributed by atoms with Crippen LogP contribution in [0, 0.1) is 0 Å². The molecule has 0 aromatic carbocycles. The number of ether oxygens (including phenoxy) is 1. The number of hydrazone groups is 1. The Morgan fingerprint density at radius 1 is 1.24 bits per heavy atom. The molecule has 1 aliphatic rings. The minimum absolute atomic E-state index is 0.150. The number of hydrogen-bond acceptors (Lipinski definition) is 7. The van der Waals surface area contributed by atoms with Gasteiger partial charge in [-0.05, 0) is 24.3 Å². The fourth-order valence-electron chi connectivity index (χ4n) is 2.23. The van der Waals surface area contributed by atoms with E-state index in [9.17, 15) is 9.59 Å². The first kappa shape index (κ1) is 17.2. The Balaban J connectivity index is 1.45. The Morgan fingerprint density at radius 3 is 2.84 bits per heavy atom. The highest BCUT2D eigenvalue weighted by atomic mass is 32.1. The van der Waals surface area contributed by atoms with Crippen LogP contribution in [0.2, 0.25) is 0 Å². The third kappa shape index (κ3) is 4.91. The molecule has 0 atom stereocenters. The lowest BCUT2D eigenvalue weighted by Crippen LogP contribution is -2.37. The Bertz CT molecular complexity index is 735. The normalized spacial score (nSPS) is 14.6. The highest BCUT2D eigenvalue weighted by molar-refractivity contribution is 7.17. The van der Waals surface area contributed by atoms with Crippen LogP contribution < -0.4 is 15.6 Å². The monoisotopic (exact) mass is 362 g/mol. The zero-order chi connectivity index (χ0) is 17.5. The van der Waals surface area contributed by atoms with Crippen LogP contribution in [0.25, 0.3) is 0 Å². The number of thiophene rings is 1.